The van der Waals surface area contributed by atoms with Crippen molar-refractivity contribution in [3.05, 3.63) is 0 Å². The van der Waals surface area contributed by atoms with Crippen molar-refractivity contribution in [2.75, 3.05) is 13.1 Å². The molecule has 0 bridgehead atoms. The fraction of sp³-hybridized carbons (Fsp3) is 0.769. The van der Waals surface area contributed by atoms with E-state index in [1.165, 1.54) is 0 Å². The van der Waals surface area contributed by atoms with E-state index in [2.05, 4.69) is 5.32 Å². The Hall–Kier alpha value is -1.59. The topological polar surface area (TPSA) is 86.7 Å². The van der Waals surface area contributed by atoms with E-state index in [0.29, 0.717) is 19.0 Å². The van der Waals surface area contributed by atoms with Crippen molar-refractivity contribution < 1.29 is 19.5 Å². The van der Waals surface area contributed by atoms with Crippen LogP contribution in [0.15, 0.2) is 0 Å². The highest BCUT2D eigenvalue weighted by Crippen LogP contribution is 2.32. The first-order chi connectivity index (χ1) is 9.02. The van der Waals surface area contributed by atoms with E-state index in [0.717, 1.165) is 12.8 Å². The summed E-state index contributed by atoms with van der Waals surface area (Å²) in [4.78, 5) is 36.3. The quantitative estimate of drug-likeness (QED) is 0.721. The van der Waals surface area contributed by atoms with E-state index >= 15 is 0 Å². The number of likely N-dealkylation sites (tertiary alicyclic amines) is 1. The number of nitrogens with one attached hydrogen (secondary N) is 1. The van der Waals surface area contributed by atoms with Gasteiger partial charge in [-0.05, 0) is 19.3 Å². The number of hydrogen-bond acceptors (Lipinski definition) is 3. The largest absolute Gasteiger partial charge is 0.481 e. The lowest BCUT2D eigenvalue weighted by atomic mass is 10.1. The Labute approximate surface area is 112 Å². The maximum Gasteiger partial charge on any atom is 0.308 e. The molecule has 0 aromatic carbocycles. The molecule has 2 fully saturated rings. The highest BCUT2D eigenvalue weighted by atomic mass is 16.4. The summed E-state index contributed by atoms with van der Waals surface area (Å²) in [6, 6.07) is 0.340. The Morgan fingerprint density at radius 3 is 2.68 bits per heavy atom. The molecule has 1 saturated carbocycles. The van der Waals surface area contributed by atoms with Crippen LogP contribution < -0.4 is 5.32 Å². The van der Waals surface area contributed by atoms with Gasteiger partial charge < -0.3 is 15.3 Å². The normalized spacial score (nSPS) is 24.4. The van der Waals surface area contributed by atoms with Gasteiger partial charge in [-0.3, -0.25) is 14.4 Å². The molecule has 1 heterocycles. The second-order valence-electron chi connectivity index (χ2n) is 5.37. The Bertz CT molecular complexity index is 392. The van der Waals surface area contributed by atoms with Gasteiger partial charge in [0.05, 0.1) is 11.8 Å². The van der Waals surface area contributed by atoms with Gasteiger partial charge in [0.2, 0.25) is 11.8 Å². The molecular weight excluding hydrogens is 248 g/mol. The van der Waals surface area contributed by atoms with E-state index < -0.39 is 11.9 Å². The first kappa shape index (κ1) is 13.8. The van der Waals surface area contributed by atoms with Gasteiger partial charge in [-0.25, -0.2) is 0 Å². The third-order valence-electron chi connectivity index (χ3n) is 3.88. The van der Waals surface area contributed by atoms with Gasteiger partial charge in [0.15, 0.2) is 0 Å². The van der Waals surface area contributed by atoms with Crippen molar-refractivity contribution in [3.8, 4) is 0 Å². The second kappa shape index (κ2) is 5.59. The van der Waals surface area contributed by atoms with Crippen molar-refractivity contribution in [1.29, 1.82) is 0 Å². The molecule has 2 amide bonds. The molecule has 2 N–H and O–H groups in total. The number of amides is 2. The molecule has 6 nitrogen and oxygen atoms in total. The Morgan fingerprint density at radius 1 is 1.47 bits per heavy atom. The molecule has 0 radical (unpaired) electrons. The molecule has 1 aliphatic carbocycles. The number of carbonyl (C=O) groups is 3. The van der Waals surface area contributed by atoms with Gasteiger partial charge in [-0.15, -0.1) is 0 Å². The highest BCUT2D eigenvalue weighted by molar-refractivity contribution is 5.89. The summed E-state index contributed by atoms with van der Waals surface area (Å²) in [5.41, 5.74) is 0. The predicted molar refractivity (Wildman–Crippen MR) is 67.3 cm³/mol. The van der Waals surface area contributed by atoms with Crippen molar-refractivity contribution in [2.45, 2.75) is 38.6 Å². The Morgan fingerprint density at radius 2 is 2.16 bits per heavy atom. The zero-order chi connectivity index (χ0) is 14.0. The van der Waals surface area contributed by atoms with Crippen LogP contribution in [0.2, 0.25) is 0 Å². The summed E-state index contributed by atoms with van der Waals surface area (Å²) in [5.74, 6) is -1.92. The fourth-order valence-electron chi connectivity index (χ4n) is 2.42. The number of aliphatic carboxylic acids is 1. The van der Waals surface area contributed by atoms with Gasteiger partial charge in [0.1, 0.15) is 0 Å². The minimum Gasteiger partial charge on any atom is -0.481 e. The zero-order valence-corrected chi connectivity index (χ0v) is 11.1. The average molecular weight is 268 g/mol. The first-order valence-electron chi connectivity index (χ1n) is 6.83. The summed E-state index contributed by atoms with van der Waals surface area (Å²) >= 11 is 0. The van der Waals surface area contributed by atoms with Crippen molar-refractivity contribution in [3.63, 3.8) is 0 Å². The van der Waals surface area contributed by atoms with Crippen LogP contribution in [0, 0.1) is 11.8 Å². The number of carbonyl (C=O) groups excluding carboxylic acids is 2. The molecule has 6 heteroatoms. The van der Waals surface area contributed by atoms with Crippen LogP contribution in [0.25, 0.3) is 0 Å². The van der Waals surface area contributed by atoms with Crippen molar-refractivity contribution in [2.24, 2.45) is 11.8 Å². The highest BCUT2D eigenvalue weighted by Gasteiger charge is 2.41. The third kappa shape index (κ3) is 3.24. The van der Waals surface area contributed by atoms with Crippen molar-refractivity contribution in [1.82, 2.24) is 10.2 Å². The molecule has 2 rings (SSSR count). The van der Waals surface area contributed by atoms with Gasteiger partial charge in [0.25, 0.3) is 0 Å². The lowest BCUT2D eigenvalue weighted by Crippen LogP contribution is -2.37. The van der Waals surface area contributed by atoms with Crippen LogP contribution in [-0.2, 0) is 14.4 Å². The van der Waals surface area contributed by atoms with Crippen LogP contribution >= 0.6 is 0 Å². The van der Waals surface area contributed by atoms with E-state index in [9.17, 15) is 14.4 Å². The molecular formula is C13H20N2O4. The van der Waals surface area contributed by atoms with E-state index in [1.807, 2.05) is 0 Å². The summed E-state index contributed by atoms with van der Waals surface area (Å²) < 4.78 is 0. The smallest absolute Gasteiger partial charge is 0.308 e. The van der Waals surface area contributed by atoms with Gasteiger partial charge in [-0.1, -0.05) is 6.92 Å². The molecule has 2 atom stereocenters. The predicted octanol–water partition coefficient (Wildman–Crippen LogP) is 0.224. The van der Waals surface area contributed by atoms with Crippen LogP contribution in [0.4, 0.5) is 0 Å². The number of carboxylic acid groups (broad SMARTS) is 1. The van der Waals surface area contributed by atoms with Crippen LogP contribution in [0.3, 0.4) is 0 Å². The molecule has 2 unspecified atom stereocenters. The molecule has 0 aromatic rings. The summed E-state index contributed by atoms with van der Waals surface area (Å²) in [7, 11) is 0. The fourth-order valence-corrected chi connectivity index (χ4v) is 2.42. The molecule has 2 aliphatic rings. The standard InChI is InChI=1S/C13H20N2O4/c1-2-8(13(18)19)6-14-12(17)9-5-11(16)15(7-9)10-3-4-10/h8-10H,2-7H2,1H3,(H,14,17)(H,18,19). The van der Waals surface area contributed by atoms with Gasteiger partial charge in [0, 0.05) is 25.6 Å². The summed E-state index contributed by atoms with van der Waals surface area (Å²) in [6.45, 7) is 2.40. The van der Waals surface area contributed by atoms with Crippen molar-refractivity contribution >= 4 is 17.8 Å². The molecule has 106 valence electrons. The van der Waals surface area contributed by atoms with Gasteiger partial charge >= 0.3 is 5.97 Å². The van der Waals surface area contributed by atoms with Crippen LogP contribution in [0.1, 0.15) is 32.6 Å². The number of nitrogens with zero attached hydrogens (tertiary/aromatic N) is 1. The van der Waals surface area contributed by atoms with Gasteiger partial charge in [-0.2, -0.15) is 0 Å². The molecule has 0 aromatic heterocycles. The molecule has 1 aliphatic heterocycles. The number of rotatable bonds is 6. The third-order valence-corrected chi connectivity index (χ3v) is 3.88. The van der Waals surface area contributed by atoms with Crippen LogP contribution in [0.5, 0.6) is 0 Å². The minimum absolute atomic E-state index is 0.0490. The zero-order valence-electron chi connectivity index (χ0n) is 11.1. The van der Waals surface area contributed by atoms with Crippen LogP contribution in [-0.4, -0.2) is 46.9 Å². The number of hydrogen-bond donors (Lipinski definition) is 2. The first-order valence-corrected chi connectivity index (χ1v) is 6.83. The SMILES string of the molecule is CCC(CNC(=O)C1CC(=O)N(C2CC2)C1)C(=O)O. The maximum atomic E-state index is 11.9. The number of carboxylic acids is 1. The summed E-state index contributed by atoms with van der Waals surface area (Å²) in [6.07, 6.45) is 2.81. The lowest BCUT2D eigenvalue weighted by Gasteiger charge is -2.16. The van der Waals surface area contributed by atoms with E-state index in [1.54, 1.807) is 11.8 Å². The van der Waals surface area contributed by atoms with E-state index in [-0.39, 0.29) is 30.7 Å². The molecule has 19 heavy (non-hydrogen) atoms. The minimum atomic E-state index is -0.898. The van der Waals surface area contributed by atoms with E-state index in [4.69, 9.17) is 5.11 Å². The average Bonchev–Trinajstić information content (AvgIpc) is 3.12. The second-order valence-corrected chi connectivity index (χ2v) is 5.37. The molecule has 1 saturated heterocycles. The Kier molecular flexibility index (Phi) is 4.07. The lowest BCUT2D eigenvalue weighted by molar-refractivity contribution is -0.142. The monoisotopic (exact) mass is 268 g/mol. The molecule has 0 spiro atoms. The summed E-state index contributed by atoms with van der Waals surface area (Å²) in [5, 5.41) is 11.6. The Balaban J connectivity index is 1.80. The maximum absolute atomic E-state index is 11.9.